The van der Waals surface area contributed by atoms with E-state index >= 15 is 0 Å². The number of nitrogens with zero attached hydrogens (tertiary/aromatic N) is 2. The van der Waals surface area contributed by atoms with Gasteiger partial charge in [-0.3, -0.25) is 0 Å². The molecule has 0 spiro atoms. The Labute approximate surface area is 127 Å². The average Bonchev–Trinajstić information content (AvgIpc) is 2.46. The molecular formula is C15H15ClN2OS. The molecule has 0 N–H and O–H groups in total. The normalized spacial score (nSPS) is 22.1. The van der Waals surface area contributed by atoms with Crippen LogP contribution in [0.4, 0.5) is 4.79 Å². The van der Waals surface area contributed by atoms with Crippen LogP contribution in [0.3, 0.4) is 0 Å². The summed E-state index contributed by atoms with van der Waals surface area (Å²) in [6.07, 6.45) is 4.30. The molecule has 0 aromatic heterocycles. The summed E-state index contributed by atoms with van der Waals surface area (Å²) < 4.78 is 0. The molecule has 1 aromatic rings. The summed E-state index contributed by atoms with van der Waals surface area (Å²) in [7, 11) is 0. The number of urea groups is 1. The van der Waals surface area contributed by atoms with E-state index in [-0.39, 0.29) is 11.9 Å². The van der Waals surface area contributed by atoms with Crippen molar-refractivity contribution in [2.24, 2.45) is 15.9 Å². The molecule has 1 fully saturated rings. The third-order valence-electron chi connectivity index (χ3n) is 3.65. The van der Waals surface area contributed by atoms with Crippen LogP contribution in [0.5, 0.6) is 0 Å². The smallest absolute Gasteiger partial charge is 0.244 e. The zero-order valence-corrected chi connectivity index (χ0v) is 12.6. The summed E-state index contributed by atoms with van der Waals surface area (Å²) in [5.41, 5.74) is 2.10. The maximum absolute atomic E-state index is 11.6. The monoisotopic (exact) mass is 306 g/mol. The summed E-state index contributed by atoms with van der Waals surface area (Å²) >= 11 is 7.78. The SMILES string of the molecule is O=C1N=C2CCCCC2C(SCc2ccccc2Cl)=N1. The minimum Gasteiger partial charge on any atom is -0.244 e. The third-order valence-corrected chi connectivity index (χ3v) is 5.15. The van der Waals surface area contributed by atoms with E-state index in [1.807, 2.05) is 24.3 Å². The fourth-order valence-electron chi connectivity index (χ4n) is 2.62. The van der Waals surface area contributed by atoms with Crippen LogP contribution in [0.2, 0.25) is 5.02 Å². The first-order valence-electron chi connectivity index (χ1n) is 6.80. The Bertz CT molecular complexity index is 597. The number of halogens is 1. The molecule has 0 radical (unpaired) electrons. The van der Waals surface area contributed by atoms with Gasteiger partial charge in [0, 0.05) is 22.4 Å². The molecule has 20 heavy (non-hydrogen) atoms. The maximum Gasteiger partial charge on any atom is 0.367 e. The van der Waals surface area contributed by atoms with Crippen molar-refractivity contribution < 1.29 is 4.79 Å². The molecule has 3 rings (SSSR count). The summed E-state index contributed by atoms with van der Waals surface area (Å²) in [5.74, 6) is 1.00. The van der Waals surface area contributed by atoms with E-state index in [2.05, 4.69) is 9.98 Å². The molecule has 1 aromatic carbocycles. The molecule has 1 aliphatic carbocycles. The molecule has 2 aliphatic rings. The van der Waals surface area contributed by atoms with Crippen LogP contribution in [0.1, 0.15) is 31.2 Å². The molecule has 5 heteroatoms. The second kappa shape index (κ2) is 6.10. The van der Waals surface area contributed by atoms with Crippen molar-refractivity contribution in [3.05, 3.63) is 34.9 Å². The Morgan fingerprint density at radius 2 is 2.10 bits per heavy atom. The van der Waals surface area contributed by atoms with Crippen molar-refractivity contribution >= 4 is 40.1 Å². The van der Waals surface area contributed by atoms with Gasteiger partial charge in [-0.25, -0.2) is 9.79 Å². The van der Waals surface area contributed by atoms with Gasteiger partial charge in [-0.15, -0.1) is 11.8 Å². The Morgan fingerprint density at radius 3 is 2.95 bits per heavy atom. The van der Waals surface area contributed by atoms with Gasteiger partial charge < -0.3 is 0 Å². The first kappa shape index (κ1) is 13.8. The van der Waals surface area contributed by atoms with Crippen LogP contribution in [-0.4, -0.2) is 16.8 Å². The first-order valence-corrected chi connectivity index (χ1v) is 8.16. The number of amides is 2. The number of carbonyl (C=O) groups is 1. The predicted octanol–water partition coefficient (Wildman–Crippen LogP) is 4.74. The highest BCUT2D eigenvalue weighted by molar-refractivity contribution is 8.13. The lowest BCUT2D eigenvalue weighted by Crippen LogP contribution is -2.30. The van der Waals surface area contributed by atoms with Crippen molar-refractivity contribution in [3.8, 4) is 0 Å². The molecule has 1 atom stereocenters. The molecule has 0 saturated heterocycles. The maximum atomic E-state index is 11.6. The molecule has 3 nitrogen and oxygen atoms in total. The first-order chi connectivity index (χ1) is 9.74. The Balaban J connectivity index is 1.73. The lowest BCUT2D eigenvalue weighted by Gasteiger charge is -2.27. The molecule has 1 unspecified atom stereocenters. The Morgan fingerprint density at radius 1 is 1.25 bits per heavy atom. The van der Waals surface area contributed by atoms with E-state index in [0.717, 1.165) is 46.4 Å². The zero-order valence-electron chi connectivity index (χ0n) is 11.0. The average molecular weight is 307 g/mol. The standard InChI is InChI=1S/C15H15ClN2OS/c16-12-7-3-1-5-10(12)9-20-14-11-6-2-4-8-13(11)17-15(19)18-14/h1,3,5,7,11H,2,4,6,8-9H2. The van der Waals surface area contributed by atoms with Gasteiger partial charge in [0.2, 0.25) is 0 Å². The van der Waals surface area contributed by atoms with Crippen LogP contribution in [0.15, 0.2) is 34.3 Å². The van der Waals surface area contributed by atoms with Crippen molar-refractivity contribution in [1.82, 2.24) is 0 Å². The van der Waals surface area contributed by atoms with Crippen LogP contribution < -0.4 is 0 Å². The van der Waals surface area contributed by atoms with Crippen molar-refractivity contribution in [3.63, 3.8) is 0 Å². The summed E-state index contributed by atoms with van der Waals surface area (Å²) in [4.78, 5) is 19.8. The molecule has 104 valence electrons. The summed E-state index contributed by atoms with van der Waals surface area (Å²) in [6, 6.07) is 7.45. The highest BCUT2D eigenvalue weighted by Crippen LogP contribution is 2.32. The Kier molecular flexibility index (Phi) is 4.22. The van der Waals surface area contributed by atoms with Gasteiger partial charge in [-0.2, -0.15) is 4.99 Å². The van der Waals surface area contributed by atoms with E-state index in [4.69, 9.17) is 11.6 Å². The zero-order chi connectivity index (χ0) is 13.9. The minimum atomic E-state index is -0.347. The van der Waals surface area contributed by atoms with Crippen molar-refractivity contribution in [1.29, 1.82) is 0 Å². The van der Waals surface area contributed by atoms with Crippen LogP contribution >= 0.6 is 23.4 Å². The number of aliphatic imine (C=N–C) groups is 2. The number of fused-ring (bicyclic) bond motifs is 1. The largest absolute Gasteiger partial charge is 0.367 e. The summed E-state index contributed by atoms with van der Waals surface area (Å²) in [6.45, 7) is 0. The van der Waals surface area contributed by atoms with Gasteiger partial charge in [0.1, 0.15) is 0 Å². The molecule has 2 amide bonds. The van der Waals surface area contributed by atoms with Gasteiger partial charge in [0.15, 0.2) is 0 Å². The van der Waals surface area contributed by atoms with E-state index in [1.165, 1.54) is 6.42 Å². The fourth-order valence-corrected chi connectivity index (χ4v) is 4.05. The summed E-state index contributed by atoms with van der Waals surface area (Å²) in [5, 5.41) is 1.68. The topological polar surface area (TPSA) is 41.8 Å². The van der Waals surface area contributed by atoms with Crippen LogP contribution in [0.25, 0.3) is 0 Å². The second-order valence-corrected chi connectivity index (χ2v) is 6.42. The van der Waals surface area contributed by atoms with E-state index in [0.29, 0.717) is 0 Å². The van der Waals surface area contributed by atoms with Crippen LogP contribution in [0, 0.1) is 5.92 Å². The Hall–Kier alpha value is -1.13. The van der Waals surface area contributed by atoms with Crippen molar-refractivity contribution in [2.75, 3.05) is 0 Å². The number of hydrogen-bond acceptors (Lipinski definition) is 2. The number of benzene rings is 1. The number of carbonyl (C=O) groups excluding carboxylic acids is 1. The minimum absolute atomic E-state index is 0.258. The van der Waals surface area contributed by atoms with Gasteiger partial charge in [0.05, 0.1) is 5.04 Å². The fraction of sp³-hybridized carbons (Fsp3) is 0.400. The third kappa shape index (κ3) is 2.96. The van der Waals surface area contributed by atoms with Gasteiger partial charge in [0.25, 0.3) is 0 Å². The van der Waals surface area contributed by atoms with Gasteiger partial charge >= 0.3 is 6.03 Å². The quantitative estimate of drug-likeness (QED) is 0.792. The van der Waals surface area contributed by atoms with E-state index in [1.54, 1.807) is 11.8 Å². The number of rotatable bonds is 2. The number of hydrogen-bond donors (Lipinski definition) is 0. The molecule has 1 saturated carbocycles. The lowest BCUT2D eigenvalue weighted by molar-refractivity contribution is 0.256. The molecule has 1 heterocycles. The highest BCUT2D eigenvalue weighted by atomic mass is 35.5. The van der Waals surface area contributed by atoms with Crippen molar-refractivity contribution in [2.45, 2.75) is 31.4 Å². The van der Waals surface area contributed by atoms with E-state index < -0.39 is 0 Å². The molecular weight excluding hydrogens is 292 g/mol. The van der Waals surface area contributed by atoms with Crippen LogP contribution in [-0.2, 0) is 5.75 Å². The number of thioether (sulfide) groups is 1. The predicted molar refractivity (Wildman–Crippen MR) is 85.0 cm³/mol. The second-order valence-electron chi connectivity index (χ2n) is 5.01. The lowest BCUT2D eigenvalue weighted by atomic mass is 9.87. The van der Waals surface area contributed by atoms with Gasteiger partial charge in [-0.05, 0) is 30.9 Å². The molecule has 1 aliphatic heterocycles. The van der Waals surface area contributed by atoms with E-state index in [9.17, 15) is 4.79 Å². The molecule has 0 bridgehead atoms. The highest BCUT2D eigenvalue weighted by Gasteiger charge is 2.30. The van der Waals surface area contributed by atoms with Gasteiger partial charge in [-0.1, -0.05) is 36.2 Å².